The van der Waals surface area contributed by atoms with E-state index in [1.54, 1.807) is 36.4 Å². The molecule has 3 nitrogen and oxygen atoms in total. The Kier molecular flexibility index (Phi) is 4.46. The molecule has 2 rings (SSSR count). The summed E-state index contributed by atoms with van der Waals surface area (Å²) in [5, 5.41) is 11.7. The summed E-state index contributed by atoms with van der Waals surface area (Å²) >= 11 is 0. The van der Waals surface area contributed by atoms with E-state index < -0.39 is 24.9 Å². The van der Waals surface area contributed by atoms with Crippen molar-refractivity contribution in [2.24, 2.45) is 0 Å². The Morgan fingerprint density at radius 3 is 2.35 bits per heavy atom. The van der Waals surface area contributed by atoms with E-state index in [4.69, 9.17) is 9.52 Å². The molecule has 0 saturated carbocycles. The average molecular weight is 285 g/mol. The van der Waals surface area contributed by atoms with Crippen molar-refractivity contribution in [2.45, 2.75) is 18.3 Å². The minimum Gasteiger partial charge on any atom is -0.467 e. The van der Waals surface area contributed by atoms with E-state index >= 15 is 0 Å². The molecule has 0 aliphatic rings. The molecule has 1 aromatic carbocycles. The maximum atomic E-state index is 12.3. The van der Waals surface area contributed by atoms with Gasteiger partial charge in [-0.25, -0.2) is 0 Å². The number of aliphatic hydroxyl groups excluding tert-OH is 1. The van der Waals surface area contributed by atoms with E-state index in [9.17, 15) is 13.2 Å². The fraction of sp³-hybridized carbons (Fsp3) is 0.286. The smallest absolute Gasteiger partial charge is 0.415 e. The normalized spacial score (nSPS) is 15.0. The predicted octanol–water partition coefficient (Wildman–Crippen LogP) is 2.88. The first-order valence-corrected chi connectivity index (χ1v) is 6.05. The molecule has 2 atom stereocenters. The van der Waals surface area contributed by atoms with Gasteiger partial charge in [0.1, 0.15) is 5.76 Å². The molecule has 2 unspecified atom stereocenters. The van der Waals surface area contributed by atoms with Gasteiger partial charge in [-0.15, -0.1) is 0 Å². The molecule has 0 radical (unpaired) electrons. The van der Waals surface area contributed by atoms with Crippen LogP contribution in [0.4, 0.5) is 13.2 Å². The van der Waals surface area contributed by atoms with Crippen molar-refractivity contribution in [1.29, 1.82) is 0 Å². The molecule has 0 spiro atoms. The van der Waals surface area contributed by atoms with Crippen LogP contribution in [0.1, 0.15) is 17.4 Å². The number of halogens is 3. The minimum atomic E-state index is -4.64. The molecule has 0 saturated heterocycles. The van der Waals surface area contributed by atoms with Gasteiger partial charge in [0.05, 0.1) is 12.3 Å². The lowest BCUT2D eigenvalue weighted by Gasteiger charge is -2.21. The molecule has 20 heavy (non-hydrogen) atoms. The third-order valence-electron chi connectivity index (χ3n) is 2.85. The van der Waals surface area contributed by atoms with Crippen molar-refractivity contribution in [3.63, 3.8) is 0 Å². The van der Waals surface area contributed by atoms with Crippen molar-refractivity contribution in [2.75, 3.05) is 6.54 Å². The largest absolute Gasteiger partial charge is 0.467 e. The Morgan fingerprint density at radius 1 is 1.10 bits per heavy atom. The minimum absolute atomic E-state index is 0.491. The van der Waals surface area contributed by atoms with Crippen LogP contribution in [0.15, 0.2) is 53.1 Å². The van der Waals surface area contributed by atoms with Crippen LogP contribution in [-0.4, -0.2) is 23.9 Å². The topological polar surface area (TPSA) is 45.4 Å². The van der Waals surface area contributed by atoms with Crippen molar-refractivity contribution in [3.8, 4) is 0 Å². The van der Waals surface area contributed by atoms with Crippen LogP contribution in [0.3, 0.4) is 0 Å². The summed E-state index contributed by atoms with van der Waals surface area (Å²) in [6, 6.07) is 11.7. The van der Waals surface area contributed by atoms with Gasteiger partial charge >= 0.3 is 6.18 Å². The fourth-order valence-electron chi connectivity index (χ4n) is 1.83. The second-order valence-electron chi connectivity index (χ2n) is 4.32. The van der Waals surface area contributed by atoms with E-state index in [1.165, 1.54) is 6.26 Å². The Morgan fingerprint density at radius 2 is 1.80 bits per heavy atom. The van der Waals surface area contributed by atoms with Crippen molar-refractivity contribution in [1.82, 2.24) is 5.32 Å². The number of alkyl halides is 3. The lowest BCUT2D eigenvalue weighted by molar-refractivity contribution is -0.202. The number of hydrogen-bond donors (Lipinski definition) is 2. The zero-order chi connectivity index (χ0) is 14.6. The third kappa shape index (κ3) is 3.61. The predicted molar refractivity (Wildman–Crippen MR) is 67.1 cm³/mol. The molecule has 2 N–H and O–H groups in total. The summed E-state index contributed by atoms with van der Waals surface area (Å²) < 4.78 is 42.2. The van der Waals surface area contributed by atoms with Gasteiger partial charge in [0, 0.05) is 6.54 Å². The van der Waals surface area contributed by atoms with Gasteiger partial charge in [0.2, 0.25) is 0 Å². The van der Waals surface area contributed by atoms with Crippen LogP contribution in [0.5, 0.6) is 0 Å². The summed E-state index contributed by atoms with van der Waals surface area (Å²) in [5.74, 6) is 0.491. The van der Waals surface area contributed by atoms with Gasteiger partial charge in [-0.2, -0.15) is 13.2 Å². The highest BCUT2D eigenvalue weighted by atomic mass is 19.4. The van der Waals surface area contributed by atoms with E-state index in [1.807, 2.05) is 6.07 Å². The van der Waals surface area contributed by atoms with Gasteiger partial charge in [0.25, 0.3) is 0 Å². The van der Waals surface area contributed by atoms with Gasteiger partial charge in [-0.1, -0.05) is 30.3 Å². The Hall–Kier alpha value is -1.79. The molecule has 0 bridgehead atoms. The number of rotatable bonds is 5. The molecule has 0 fully saturated rings. The number of hydrogen-bond acceptors (Lipinski definition) is 3. The lowest BCUT2D eigenvalue weighted by Crippen LogP contribution is -2.39. The first-order chi connectivity index (χ1) is 9.48. The van der Waals surface area contributed by atoms with E-state index in [0.29, 0.717) is 5.76 Å². The number of aliphatic hydroxyl groups is 1. The summed E-state index contributed by atoms with van der Waals surface area (Å²) in [5.41, 5.74) is 0.761. The Balaban J connectivity index is 2.13. The second kappa shape index (κ2) is 6.11. The summed E-state index contributed by atoms with van der Waals surface area (Å²) in [7, 11) is 0. The van der Waals surface area contributed by atoms with E-state index in [2.05, 4.69) is 5.32 Å². The number of furan rings is 1. The molecule has 1 aromatic heterocycles. The highest BCUT2D eigenvalue weighted by molar-refractivity contribution is 5.26. The highest BCUT2D eigenvalue weighted by Gasteiger charge is 2.38. The SMILES string of the molecule is OC(CNC(c1ccccc1)c1ccco1)C(F)(F)F. The average Bonchev–Trinajstić information content (AvgIpc) is 2.93. The van der Waals surface area contributed by atoms with Crippen LogP contribution >= 0.6 is 0 Å². The molecule has 0 aliphatic carbocycles. The van der Waals surface area contributed by atoms with Gasteiger partial charge in [-0.3, -0.25) is 0 Å². The Bertz CT molecular complexity index is 511. The molecule has 2 aromatic rings. The van der Waals surface area contributed by atoms with Crippen molar-refractivity contribution in [3.05, 3.63) is 60.1 Å². The molecular formula is C14H14F3NO2. The van der Waals surface area contributed by atoms with E-state index in [-0.39, 0.29) is 0 Å². The lowest BCUT2D eigenvalue weighted by atomic mass is 10.0. The first-order valence-electron chi connectivity index (χ1n) is 6.05. The van der Waals surface area contributed by atoms with Crippen LogP contribution in [0.2, 0.25) is 0 Å². The Labute approximate surface area is 114 Å². The quantitative estimate of drug-likeness (QED) is 0.888. The number of nitrogens with one attached hydrogen (secondary N) is 1. The molecule has 0 aliphatic heterocycles. The maximum absolute atomic E-state index is 12.3. The van der Waals surface area contributed by atoms with Gasteiger partial charge in [-0.05, 0) is 17.7 Å². The van der Waals surface area contributed by atoms with Gasteiger partial charge < -0.3 is 14.8 Å². The van der Waals surface area contributed by atoms with Crippen LogP contribution < -0.4 is 5.32 Å². The van der Waals surface area contributed by atoms with Crippen LogP contribution in [0.25, 0.3) is 0 Å². The van der Waals surface area contributed by atoms with Crippen LogP contribution in [-0.2, 0) is 0 Å². The summed E-state index contributed by atoms with van der Waals surface area (Å²) in [6.07, 6.45) is -5.60. The zero-order valence-electron chi connectivity index (χ0n) is 10.5. The zero-order valence-corrected chi connectivity index (χ0v) is 10.5. The standard InChI is InChI=1S/C14H14F3NO2/c15-14(16,17)12(19)9-18-13(11-7-4-8-20-11)10-5-2-1-3-6-10/h1-8,12-13,18-19H,9H2. The maximum Gasteiger partial charge on any atom is 0.415 e. The molecule has 6 heteroatoms. The molecule has 108 valence electrons. The number of benzene rings is 1. The van der Waals surface area contributed by atoms with Crippen molar-refractivity contribution >= 4 is 0 Å². The van der Waals surface area contributed by atoms with Crippen molar-refractivity contribution < 1.29 is 22.7 Å². The highest BCUT2D eigenvalue weighted by Crippen LogP contribution is 2.24. The fourth-order valence-corrected chi connectivity index (χ4v) is 1.83. The second-order valence-corrected chi connectivity index (χ2v) is 4.32. The molecule has 1 heterocycles. The first kappa shape index (κ1) is 14.6. The molecule has 0 amide bonds. The van der Waals surface area contributed by atoms with E-state index in [0.717, 1.165) is 5.56 Å². The molecular weight excluding hydrogens is 271 g/mol. The summed E-state index contributed by atoms with van der Waals surface area (Å²) in [6.45, 7) is -0.607. The van der Waals surface area contributed by atoms with Crippen LogP contribution in [0, 0.1) is 0 Å². The summed E-state index contributed by atoms with van der Waals surface area (Å²) in [4.78, 5) is 0. The third-order valence-corrected chi connectivity index (χ3v) is 2.85. The van der Waals surface area contributed by atoms with Gasteiger partial charge in [0.15, 0.2) is 6.10 Å². The monoisotopic (exact) mass is 285 g/mol.